The highest BCUT2D eigenvalue weighted by Gasteiger charge is 2.24. The molecule has 0 bridgehead atoms. The predicted molar refractivity (Wildman–Crippen MR) is 140 cm³/mol. The normalized spacial score (nSPS) is 12.3. The molecule has 3 heterocycles. The first-order valence-electron chi connectivity index (χ1n) is 11.8. The van der Waals surface area contributed by atoms with Gasteiger partial charge in [-0.15, -0.1) is 10.2 Å². The van der Waals surface area contributed by atoms with Gasteiger partial charge in [0.05, 0.1) is 18.3 Å². The number of Topliss-reactive ketones (excluding diaryl/α,β-unsaturated/α-hetero) is 1. The van der Waals surface area contributed by atoms with Crippen molar-refractivity contribution in [2.24, 2.45) is 0 Å². The van der Waals surface area contributed by atoms with Gasteiger partial charge in [0.25, 0.3) is 0 Å². The van der Waals surface area contributed by atoms with Crippen LogP contribution >= 0.6 is 11.8 Å². The molecule has 35 heavy (non-hydrogen) atoms. The van der Waals surface area contributed by atoms with E-state index in [1.807, 2.05) is 60.9 Å². The quantitative estimate of drug-likeness (QED) is 0.228. The summed E-state index contributed by atoms with van der Waals surface area (Å²) >= 11 is 1.45. The number of ketones is 1. The lowest BCUT2D eigenvalue weighted by Crippen LogP contribution is -2.23. The first-order valence-corrected chi connectivity index (χ1v) is 12.8. The number of rotatable bonds is 10. The van der Waals surface area contributed by atoms with Crippen molar-refractivity contribution in [2.45, 2.75) is 44.9 Å². The summed E-state index contributed by atoms with van der Waals surface area (Å²) in [6, 6.07) is 18.2. The number of aromatic nitrogens is 5. The molecule has 0 aliphatic heterocycles. The summed E-state index contributed by atoms with van der Waals surface area (Å²) in [6.45, 7) is 6.79. The van der Waals surface area contributed by atoms with Crippen LogP contribution in [0.1, 0.15) is 52.5 Å². The summed E-state index contributed by atoms with van der Waals surface area (Å²) in [6.07, 6.45) is 2.68. The molecule has 0 unspecified atom stereocenters. The lowest BCUT2D eigenvalue weighted by molar-refractivity contribution is 0.102. The average molecular weight is 489 g/mol. The van der Waals surface area contributed by atoms with Gasteiger partial charge in [0.2, 0.25) is 0 Å². The molecule has 0 spiro atoms. The maximum atomic E-state index is 13.3. The van der Waals surface area contributed by atoms with Crippen LogP contribution in [0.2, 0.25) is 0 Å². The van der Waals surface area contributed by atoms with Crippen LogP contribution in [0.5, 0.6) is 0 Å². The Labute approximate surface area is 211 Å². The van der Waals surface area contributed by atoms with Crippen molar-refractivity contribution in [3.8, 4) is 5.82 Å². The first-order chi connectivity index (χ1) is 16.9. The highest BCUT2D eigenvalue weighted by Crippen LogP contribution is 2.28. The average Bonchev–Trinajstić information content (AvgIpc) is 3.38. The summed E-state index contributed by atoms with van der Waals surface area (Å²) in [5, 5.41) is 9.82. The van der Waals surface area contributed by atoms with Gasteiger partial charge in [0.15, 0.2) is 16.8 Å². The molecule has 0 fully saturated rings. The Kier molecular flexibility index (Phi) is 7.83. The largest absolute Gasteiger partial charge is 0.302 e. The van der Waals surface area contributed by atoms with Crippen LogP contribution in [0.4, 0.5) is 0 Å². The second-order valence-electron chi connectivity index (χ2n) is 8.82. The lowest BCUT2D eigenvalue weighted by atomic mass is 10.2. The summed E-state index contributed by atoms with van der Waals surface area (Å²) < 4.78 is 4.18. The van der Waals surface area contributed by atoms with E-state index < -0.39 is 0 Å². The Hall–Kier alpha value is -3.23. The number of thioether (sulfide) groups is 1. The molecule has 182 valence electrons. The zero-order valence-corrected chi connectivity index (χ0v) is 21.8. The molecule has 1 atom stereocenters. The van der Waals surface area contributed by atoms with Crippen molar-refractivity contribution in [1.82, 2.24) is 29.2 Å². The third-order valence-electron chi connectivity index (χ3n) is 6.18. The number of hydrogen-bond acceptors (Lipinski definition) is 6. The van der Waals surface area contributed by atoms with Crippen molar-refractivity contribution >= 4 is 17.5 Å². The Bertz CT molecular complexity index is 1280. The van der Waals surface area contributed by atoms with E-state index in [0.717, 1.165) is 40.2 Å². The van der Waals surface area contributed by atoms with Gasteiger partial charge in [-0.25, -0.2) is 4.98 Å². The molecule has 7 nitrogen and oxygen atoms in total. The van der Waals surface area contributed by atoms with Crippen LogP contribution in [0, 0.1) is 13.8 Å². The number of carbonyl (C=O) groups is 1. The number of carbonyl (C=O) groups excluding carboxylic acids is 1. The van der Waals surface area contributed by atoms with Gasteiger partial charge < -0.3 is 9.13 Å². The molecular formula is C27H32N6OS. The molecule has 0 aliphatic rings. The Morgan fingerprint density at radius 1 is 1.06 bits per heavy atom. The van der Waals surface area contributed by atoms with Gasteiger partial charge in [-0.05, 0) is 58.1 Å². The highest BCUT2D eigenvalue weighted by molar-refractivity contribution is 7.99. The summed E-state index contributed by atoms with van der Waals surface area (Å²) in [4.78, 5) is 19.9. The van der Waals surface area contributed by atoms with E-state index in [1.54, 1.807) is 6.20 Å². The molecular weight excluding hydrogens is 456 g/mol. The minimum Gasteiger partial charge on any atom is -0.302 e. The Balaban J connectivity index is 1.59. The van der Waals surface area contributed by atoms with Crippen LogP contribution in [0.25, 0.3) is 5.82 Å². The van der Waals surface area contributed by atoms with E-state index in [9.17, 15) is 4.79 Å². The number of benzene rings is 1. The molecule has 3 aromatic heterocycles. The van der Waals surface area contributed by atoms with E-state index in [1.165, 1.54) is 17.3 Å². The smallest absolute Gasteiger partial charge is 0.192 e. The van der Waals surface area contributed by atoms with Gasteiger partial charge in [-0.1, -0.05) is 55.1 Å². The second kappa shape index (κ2) is 11.0. The molecule has 0 saturated heterocycles. The summed E-state index contributed by atoms with van der Waals surface area (Å²) in [7, 11) is 4.12. The van der Waals surface area contributed by atoms with Gasteiger partial charge >= 0.3 is 0 Å². The molecule has 0 saturated carbocycles. The minimum atomic E-state index is 0.0701. The van der Waals surface area contributed by atoms with Gasteiger partial charge in [-0.3, -0.25) is 9.69 Å². The monoisotopic (exact) mass is 488 g/mol. The maximum absolute atomic E-state index is 13.3. The predicted octanol–water partition coefficient (Wildman–Crippen LogP) is 5.12. The Morgan fingerprint density at radius 3 is 2.46 bits per heavy atom. The molecule has 0 N–H and O–H groups in total. The molecule has 0 aliphatic carbocycles. The van der Waals surface area contributed by atoms with E-state index in [0.29, 0.717) is 6.54 Å². The number of pyridine rings is 1. The standard InChI is InChI=1S/C27H32N6OS/c1-6-23(31(4)5)26-29-30-27(32(26)17-21-12-8-7-9-13-21)35-18-24(34)22-16-19(2)33(20(22)3)25-14-10-11-15-28-25/h7-16,23H,6,17-18H2,1-5H3/t23-/m0/s1. The fourth-order valence-electron chi connectivity index (χ4n) is 4.44. The second-order valence-corrected chi connectivity index (χ2v) is 9.76. The van der Waals surface area contributed by atoms with Crippen LogP contribution in [0.15, 0.2) is 66.0 Å². The van der Waals surface area contributed by atoms with E-state index in [4.69, 9.17) is 0 Å². The SMILES string of the molecule is CC[C@@H](c1nnc(SCC(=O)c2cc(C)n(-c3ccccn3)c2C)n1Cc1ccccc1)N(C)C. The van der Waals surface area contributed by atoms with Crippen LogP contribution in [-0.4, -0.2) is 54.8 Å². The fourth-order valence-corrected chi connectivity index (χ4v) is 5.27. The Morgan fingerprint density at radius 2 is 1.80 bits per heavy atom. The first kappa shape index (κ1) is 24.9. The van der Waals surface area contributed by atoms with Gasteiger partial charge in [0.1, 0.15) is 5.82 Å². The van der Waals surface area contributed by atoms with Crippen molar-refractivity contribution in [1.29, 1.82) is 0 Å². The van der Waals surface area contributed by atoms with Crippen molar-refractivity contribution < 1.29 is 4.79 Å². The molecule has 1 aromatic carbocycles. The minimum absolute atomic E-state index is 0.0701. The number of nitrogens with zero attached hydrogens (tertiary/aromatic N) is 6. The lowest BCUT2D eigenvalue weighted by Gasteiger charge is -2.23. The van der Waals surface area contributed by atoms with Crippen LogP contribution in [-0.2, 0) is 6.54 Å². The van der Waals surface area contributed by atoms with E-state index in [-0.39, 0.29) is 17.6 Å². The zero-order chi connectivity index (χ0) is 24.9. The molecule has 4 rings (SSSR count). The van der Waals surface area contributed by atoms with Crippen LogP contribution < -0.4 is 0 Å². The van der Waals surface area contributed by atoms with E-state index >= 15 is 0 Å². The van der Waals surface area contributed by atoms with Crippen molar-refractivity contribution in [3.05, 3.63) is 89.1 Å². The van der Waals surface area contributed by atoms with Gasteiger partial charge in [-0.2, -0.15) is 0 Å². The third kappa shape index (κ3) is 5.39. The van der Waals surface area contributed by atoms with Crippen molar-refractivity contribution in [2.75, 3.05) is 19.8 Å². The molecule has 8 heteroatoms. The summed E-state index contributed by atoms with van der Waals surface area (Å²) in [5.74, 6) is 2.10. The topological polar surface area (TPSA) is 68.8 Å². The highest BCUT2D eigenvalue weighted by atomic mass is 32.2. The molecule has 4 aromatic rings. The molecule has 0 amide bonds. The van der Waals surface area contributed by atoms with Crippen molar-refractivity contribution in [3.63, 3.8) is 0 Å². The van der Waals surface area contributed by atoms with E-state index in [2.05, 4.69) is 57.8 Å². The zero-order valence-electron chi connectivity index (χ0n) is 21.0. The molecule has 0 radical (unpaired) electrons. The van der Waals surface area contributed by atoms with Gasteiger partial charge in [0, 0.05) is 23.1 Å². The fraction of sp³-hybridized carbons (Fsp3) is 0.333. The third-order valence-corrected chi connectivity index (χ3v) is 7.15. The number of aryl methyl sites for hydroxylation is 1. The summed E-state index contributed by atoms with van der Waals surface area (Å²) in [5.41, 5.74) is 3.78. The number of hydrogen-bond donors (Lipinski definition) is 0. The van der Waals surface area contributed by atoms with Crippen LogP contribution in [0.3, 0.4) is 0 Å². The maximum Gasteiger partial charge on any atom is 0.192 e.